The minimum Gasteiger partial charge on any atom is -0.494 e. The first-order valence-corrected chi connectivity index (χ1v) is 11.3. The van der Waals surface area contributed by atoms with Crippen molar-refractivity contribution in [3.05, 3.63) is 46.5 Å². The average Bonchev–Trinajstić information content (AvgIpc) is 3.76. The zero-order valence-electron chi connectivity index (χ0n) is 17.6. The molecule has 0 aromatic carbocycles. The lowest BCUT2D eigenvalue weighted by Crippen LogP contribution is -2.14. The van der Waals surface area contributed by atoms with Gasteiger partial charge in [0.15, 0.2) is 5.01 Å². The lowest BCUT2D eigenvalue weighted by Gasteiger charge is -2.14. The van der Waals surface area contributed by atoms with Gasteiger partial charge in [-0.15, -0.1) is 10.2 Å². The molecule has 33 heavy (non-hydrogen) atoms. The number of nitrogens with zero attached hydrogens (tertiary/aromatic N) is 4. The molecule has 0 spiro atoms. The summed E-state index contributed by atoms with van der Waals surface area (Å²) in [6.07, 6.45) is 4.17. The first-order chi connectivity index (χ1) is 16.0. The number of methoxy groups -OCH3 is 1. The van der Waals surface area contributed by atoms with Crippen molar-refractivity contribution in [2.75, 3.05) is 12.4 Å². The van der Waals surface area contributed by atoms with Crippen molar-refractivity contribution in [2.24, 2.45) is 5.92 Å². The fourth-order valence-corrected chi connectivity index (χ4v) is 3.91. The summed E-state index contributed by atoms with van der Waals surface area (Å²) in [5, 5.41) is 11.5. The Balaban J connectivity index is 1.50. The molecule has 3 aromatic rings. The molecule has 168 valence electrons. The van der Waals surface area contributed by atoms with Crippen molar-refractivity contribution in [1.82, 2.24) is 20.2 Å². The highest BCUT2D eigenvalue weighted by molar-refractivity contribution is 7.15. The van der Waals surface area contributed by atoms with Gasteiger partial charge in [0, 0.05) is 34.9 Å². The summed E-state index contributed by atoms with van der Waals surface area (Å²) in [4.78, 5) is 21.4. The zero-order valence-corrected chi connectivity index (χ0v) is 18.5. The number of pyridine rings is 2. The van der Waals surface area contributed by atoms with E-state index in [9.17, 15) is 13.6 Å². The van der Waals surface area contributed by atoms with Crippen LogP contribution in [0.5, 0.6) is 5.75 Å². The highest BCUT2D eigenvalue weighted by Gasteiger charge is 2.28. The number of carbonyl (C=O) groups excluding carboxylic acids is 1. The number of alkyl halides is 2. The smallest absolute Gasteiger partial charge is 0.280 e. The van der Waals surface area contributed by atoms with Crippen LogP contribution in [-0.4, -0.2) is 33.2 Å². The predicted octanol–water partition coefficient (Wildman–Crippen LogP) is 4.83. The van der Waals surface area contributed by atoms with E-state index in [1.54, 1.807) is 6.07 Å². The van der Waals surface area contributed by atoms with Crippen LogP contribution in [0.15, 0.2) is 24.5 Å². The molecular formula is C23H19F2N5O2S. The first kappa shape index (κ1) is 21.4. The number of ether oxygens (including phenoxy) is 1. The third kappa shape index (κ3) is 4.83. The topological polar surface area (TPSA) is 89.9 Å². The van der Waals surface area contributed by atoms with E-state index in [2.05, 4.69) is 37.3 Å². The van der Waals surface area contributed by atoms with Crippen LogP contribution in [0, 0.1) is 17.8 Å². The van der Waals surface area contributed by atoms with Gasteiger partial charge in [0.05, 0.1) is 18.9 Å². The third-order valence-electron chi connectivity index (χ3n) is 5.39. The van der Waals surface area contributed by atoms with Crippen LogP contribution in [0.2, 0.25) is 0 Å². The highest BCUT2D eigenvalue weighted by Crippen LogP contribution is 2.42. The number of rotatable bonds is 6. The van der Waals surface area contributed by atoms with E-state index < -0.39 is 18.0 Å². The number of nitrogens with one attached hydrogen (secondary N) is 1. The molecule has 2 aliphatic carbocycles. The van der Waals surface area contributed by atoms with E-state index in [0.29, 0.717) is 33.1 Å². The highest BCUT2D eigenvalue weighted by atomic mass is 32.1. The van der Waals surface area contributed by atoms with Crippen LogP contribution in [0.25, 0.3) is 11.1 Å². The van der Waals surface area contributed by atoms with Crippen molar-refractivity contribution >= 4 is 22.4 Å². The number of amides is 1. The Morgan fingerprint density at radius 3 is 2.67 bits per heavy atom. The second kappa shape index (κ2) is 8.83. The van der Waals surface area contributed by atoms with Crippen molar-refractivity contribution < 1.29 is 18.3 Å². The number of halogens is 2. The second-order valence-electron chi connectivity index (χ2n) is 7.95. The molecule has 3 heterocycles. The fraction of sp³-hybridized carbons (Fsp3) is 0.348. The lowest BCUT2D eigenvalue weighted by atomic mass is 9.98. The summed E-state index contributed by atoms with van der Waals surface area (Å²) in [6, 6.07) is 3.02. The molecule has 0 saturated heterocycles. The van der Waals surface area contributed by atoms with Crippen LogP contribution >= 0.6 is 11.3 Å². The van der Waals surface area contributed by atoms with Gasteiger partial charge >= 0.3 is 0 Å². The van der Waals surface area contributed by atoms with Gasteiger partial charge < -0.3 is 4.74 Å². The third-order valence-corrected chi connectivity index (χ3v) is 6.15. The SMILES string of the molecule is COc1cnc(C(F)F)cc1-c1cc(C2CC2)ncc1C(=O)Nc1nnc(C#CC2CC2)s1. The summed E-state index contributed by atoms with van der Waals surface area (Å²) in [6.45, 7) is 0. The minimum absolute atomic E-state index is 0.213. The molecule has 0 atom stereocenters. The number of aromatic nitrogens is 4. The molecule has 1 amide bonds. The van der Waals surface area contributed by atoms with Gasteiger partial charge in [0.25, 0.3) is 12.3 Å². The number of anilines is 1. The van der Waals surface area contributed by atoms with E-state index in [1.807, 2.05) is 0 Å². The molecule has 1 N–H and O–H groups in total. The Hall–Kier alpha value is -3.45. The summed E-state index contributed by atoms with van der Waals surface area (Å²) < 4.78 is 32.1. The van der Waals surface area contributed by atoms with Gasteiger partial charge in [-0.3, -0.25) is 20.1 Å². The Morgan fingerprint density at radius 1 is 1.15 bits per heavy atom. The molecule has 2 saturated carbocycles. The molecule has 3 aromatic heterocycles. The van der Waals surface area contributed by atoms with Crippen LogP contribution in [0.1, 0.15) is 64.8 Å². The van der Waals surface area contributed by atoms with E-state index in [4.69, 9.17) is 4.74 Å². The molecule has 2 fully saturated rings. The number of carbonyl (C=O) groups is 1. The monoisotopic (exact) mass is 467 g/mol. The number of hydrogen-bond donors (Lipinski definition) is 1. The fourth-order valence-electron chi connectivity index (χ4n) is 3.31. The van der Waals surface area contributed by atoms with Gasteiger partial charge in [-0.25, -0.2) is 8.78 Å². The second-order valence-corrected chi connectivity index (χ2v) is 8.93. The molecule has 0 aliphatic heterocycles. The molecule has 10 heteroatoms. The Bertz CT molecular complexity index is 1280. The van der Waals surface area contributed by atoms with E-state index in [1.165, 1.54) is 36.9 Å². The van der Waals surface area contributed by atoms with Gasteiger partial charge in [0.1, 0.15) is 11.4 Å². The molecule has 0 radical (unpaired) electrons. The zero-order chi connectivity index (χ0) is 22.9. The molecule has 2 aliphatic rings. The van der Waals surface area contributed by atoms with Crippen LogP contribution in [0.3, 0.4) is 0 Å². The van der Waals surface area contributed by atoms with Gasteiger partial charge in [-0.1, -0.05) is 17.3 Å². The Kier molecular flexibility index (Phi) is 5.72. The Morgan fingerprint density at radius 2 is 1.97 bits per heavy atom. The molecule has 5 rings (SSSR count). The number of hydrogen-bond acceptors (Lipinski definition) is 7. The largest absolute Gasteiger partial charge is 0.494 e. The van der Waals surface area contributed by atoms with Crippen LogP contribution < -0.4 is 10.1 Å². The summed E-state index contributed by atoms with van der Waals surface area (Å²) >= 11 is 1.18. The van der Waals surface area contributed by atoms with Crippen molar-refractivity contribution in [2.45, 2.75) is 38.0 Å². The van der Waals surface area contributed by atoms with Gasteiger partial charge in [0.2, 0.25) is 5.13 Å². The van der Waals surface area contributed by atoms with E-state index >= 15 is 0 Å². The normalized spacial score (nSPS) is 15.2. The van der Waals surface area contributed by atoms with Crippen molar-refractivity contribution in [3.8, 4) is 28.7 Å². The van der Waals surface area contributed by atoms with Crippen molar-refractivity contribution in [1.29, 1.82) is 0 Å². The summed E-state index contributed by atoms with van der Waals surface area (Å²) in [5.41, 5.74) is 1.43. The van der Waals surface area contributed by atoms with Crippen molar-refractivity contribution in [3.63, 3.8) is 0 Å². The van der Waals surface area contributed by atoms with E-state index in [-0.39, 0.29) is 11.3 Å². The minimum atomic E-state index is -2.76. The maximum atomic E-state index is 13.4. The molecule has 0 unspecified atom stereocenters. The van der Waals surface area contributed by atoms with Crippen LogP contribution in [-0.2, 0) is 0 Å². The maximum absolute atomic E-state index is 13.4. The van der Waals surface area contributed by atoms with Gasteiger partial charge in [-0.2, -0.15) is 0 Å². The lowest BCUT2D eigenvalue weighted by molar-refractivity contribution is 0.102. The van der Waals surface area contributed by atoms with E-state index in [0.717, 1.165) is 31.4 Å². The molecule has 0 bridgehead atoms. The van der Waals surface area contributed by atoms with Gasteiger partial charge in [-0.05, 0) is 43.7 Å². The predicted molar refractivity (Wildman–Crippen MR) is 118 cm³/mol. The first-order valence-electron chi connectivity index (χ1n) is 10.5. The average molecular weight is 468 g/mol. The summed E-state index contributed by atoms with van der Waals surface area (Å²) in [7, 11) is 1.43. The molecular weight excluding hydrogens is 448 g/mol. The summed E-state index contributed by atoms with van der Waals surface area (Å²) in [5.74, 6) is 6.62. The quantitative estimate of drug-likeness (QED) is 0.522. The maximum Gasteiger partial charge on any atom is 0.280 e. The Labute approximate surface area is 192 Å². The standard InChI is InChI=1S/C23H19F2N5O2S/c1-32-19-11-27-18(21(24)25)9-15(19)14-8-17(13-5-6-13)26-10-16(14)22(31)28-23-30-29-20(33-23)7-4-12-2-3-12/h8-13,21H,2-3,5-6H2,1H3,(H,28,30,31). The van der Waals surface area contributed by atoms with Crippen LogP contribution in [0.4, 0.5) is 13.9 Å². The molecule has 7 nitrogen and oxygen atoms in total.